The van der Waals surface area contributed by atoms with E-state index in [0.717, 1.165) is 6.07 Å². The molecule has 0 spiro atoms. The van der Waals surface area contributed by atoms with Crippen molar-refractivity contribution in [2.24, 2.45) is 0 Å². The van der Waals surface area contributed by atoms with Crippen LogP contribution in [-0.4, -0.2) is 5.78 Å². The molecule has 0 atom stereocenters. The highest BCUT2D eigenvalue weighted by molar-refractivity contribution is 9.10. The molecule has 5 heteroatoms. The van der Waals surface area contributed by atoms with E-state index in [9.17, 15) is 13.6 Å². The number of carbonyl (C=O) groups excluding carboxylic acids is 1. The molecule has 0 unspecified atom stereocenters. The van der Waals surface area contributed by atoms with Gasteiger partial charge in [-0.3, -0.25) is 4.79 Å². The molecule has 0 radical (unpaired) electrons. The summed E-state index contributed by atoms with van der Waals surface area (Å²) in [5.41, 5.74) is -0.178. The van der Waals surface area contributed by atoms with Crippen molar-refractivity contribution in [3.8, 4) is 6.07 Å². The van der Waals surface area contributed by atoms with Gasteiger partial charge in [-0.05, 0) is 35.0 Å². The largest absolute Gasteiger partial charge is 0.294 e. The molecule has 0 bridgehead atoms. The zero-order chi connectivity index (χ0) is 11.6. The summed E-state index contributed by atoms with van der Waals surface area (Å²) in [7, 11) is 0. The molecule has 0 aliphatic carbocycles. The van der Waals surface area contributed by atoms with Gasteiger partial charge in [-0.2, -0.15) is 5.26 Å². The van der Waals surface area contributed by atoms with Crippen LogP contribution in [0.1, 0.15) is 34.8 Å². The average Bonchev–Trinajstić information content (AvgIpc) is 2.17. The van der Waals surface area contributed by atoms with Crippen LogP contribution < -0.4 is 0 Å². The van der Waals surface area contributed by atoms with Gasteiger partial charge in [0.15, 0.2) is 5.78 Å². The molecule has 0 amide bonds. The number of halogens is 3. The normalized spacial score (nSPS) is 10.1. The minimum absolute atomic E-state index is 0.0544. The summed E-state index contributed by atoms with van der Waals surface area (Å²) < 4.78 is 25.1. The van der Waals surface area contributed by atoms with Crippen molar-refractivity contribution in [2.45, 2.75) is 13.3 Å². The second kappa shape index (κ2) is 4.49. The first-order valence-corrected chi connectivity index (χ1v) is 4.79. The molecule has 2 nitrogen and oxygen atoms in total. The number of nitriles is 1. The van der Waals surface area contributed by atoms with Crippen LogP contribution in [0.4, 0.5) is 8.78 Å². The second-order valence-corrected chi connectivity index (χ2v) is 3.69. The van der Waals surface area contributed by atoms with Gasteiger partial charge in [0.05, 0.1) is 11.6 Å². The summed E-state index contributed by atoms with van der Waals surface area (Å²) in [6.07, 6.45) is -2.72. The van der Waals surface area contributed by atoms with Gasteiger partial charge in [-0.1, -0.05) is 0 Å². The average molecular weight is 274 g/mol. The van der Waals surface area contributed by atoms with Crippen molar-refractivity contribution in [3.05, 3.63) is 33.3 Å². The maximum Gasteiger partial charge on any atom is 0.265 e. The molecule has 0 heterocycles. The fraction of sp³-hybridized carbons (Fsp3) is 0.200. The highest BCUT2D eigenvalue weighted by Gasteiger charge is 2.18. The first-order valence-electron chi connectivity index (χ1n) is 4.00. The third kappa shape index (κ3) is 2.39. The molecule has 1 aromatic carbocycles. The monoisotopic (exact) mass is 273 g/mol. The fourth-order valence-electron chi connectivity index (χ4n) is 1.13. The van der Waals surface area contributed by atoms with E-state index in [0.29, 0.717) is 0 Å². The summed E-state index contributed by atoms with van der Waals surface area (Å²) in [5, 5.41) is 8.62. The Labute approximate surface area is 93.6 Å². The summed E-state index contributed by atoms with van der Waals surface area (Å²) in [6, 6.07) is 4.10. The van der Waals surface area contributed by atoms with Crippen molar-refractivity contribution in [1.29, 1.82) is 5.26 Å². The predicted octanol–water partition coefficient (Wildman–Crippen LogP) is 3.46. The lowest BCUT2D eigenvalue weighted by Crippen LogP contribution is -1.99. The standard InChI is InChI=1S/C10H6BrF2NO/c1-5(15)7-2-6(4-14)3-8(9(7)11)10(12)13/h2-3,10H,1H3. The van der Waals surface area contributed by atoms with Crippen LogP contribution in [0, 0.1) is 11.3 Å². The van der Waals surface area contributed by atoms with Crippen molar-refractivity contribution in [3.63, 3.8) is 0 Å². The molecular weight excluding hydrogens is 268 g/mol. The highest BCUT2D eigenvalue weighted by Crippen LogP contribution is 2.31. The van der Waals surface area contributed by atoms with E-state index in [1.54, 1.807) is 6.07 Å². The lowest BCUT2D eigenvalue weighted by molar-refractivity contribution is 0.101. The molecule has 0 fully saturated rings. The molecule has 0 N–H and O–H groups in total. The number of Topliss-reactive ketones (excluding diaryl/α,β-unsaturated/α-hetero) is 1. The van der Waals surface area contributed by atoms with Gasteiger partial charge >= 0.3 is 0 Å². The molecule has 1 rings (SSSR count). The zero-order valence-electron chi connectivity index (χ0n) is 7.72. The molecular formula is C10H6BrF2NO. The van der Waals surface area contributed by atoms with Crippen LogP contribution >= 0.6 is 15.9 Å². The molecule has 1 aromatic rings. The van der Waals surface area contributed by atoms with Crippen molar-refractivity contribution < 1.29 is 13.6 Å². The van der Waals surface area contributed by atoms with E-state index in [4.69, 9.17) is 5.26 Å². The number of hydrogen-bond donors (Lipinski definition) is 0. The third-order valence-corrected chi connectivity index (χ3v) is 2.73. The van der Waals surface area contributed by atoms with Crippen molar-refractivity contribution in [2.75, 3.05) is 0 Å². The van der Waals surface area contributed by atoms with Gasteiger partial charge in [0.2, 0.25) is 0 Å². The first-order chi connectivity index (χ1) is 6.97. The van der Waals surface area contributed by atoms with Crippen molar-refractivity contribution >= 4 is 21.7 Å². The second-order valence-electron chi connectivity index (χ2n) is 2.90. The summed E-state index contributed by atoms with van der Waals surface area (Å²) in [5.74, 6) is -0.360. The third-order valence-electron chi connectivity index (χ3n) is 1.84. The SMILES string of the molecule is CC(=O)c1cc(C#N)cc(C(F)F)c1Br. The topological polar surface area (TPSA) is 40.9 Å². The van der Waals surface area contributed by atoms with E-state index >= 15 is 0 Å². The Kier molecular flexibility index (Phi) is 3.53. The minimum atomic E-state index is -2.72. The number of benzene rings is 1. The summed E-state index contributed by atoms with van der Waals surface area (Å²) in [4.78, 5) is 11.1. The lowest BCUT2D eigenvalue weighted by atomic mass is 10.0. The molecule has 15 heavy (non-hydrogen) atoms. The molecule has 0 saturated carbocycles. The van der Waals surface area contributed by atoms with Crippen molar-refractivity contribution in [1.82, 2.24) is 0 Å². The molecule has 0 aliphatic heterocycles. The predicted molar refractivity (Wildman–Crippen MR) is 53.8 cm³/mol. The Morgan fingerprint density at radius 2 is 2.13 bits per heavy atom. The van der Waals surface area contributed by atoms with Crippen LogP contribution in [0.25, 0.3) is 0 Å². The van der Waals surface area contributed by atoms with Gasteiger partial charge < -0.3 is 0 Å². The molecule has 0 aromatic heterocycles. The van der Waals surface area contributed by atoms with Crippen LogP contribution in [0.3, 0.4) is 0 Å². The fourth-order valence-corrected chi connectivity index (χ4v) is 1.81. The van der Waals surface area contributed by atoms with Gasteiger partial charge in [0, 0.05) is 15.6 Å². The van der Waals surface area contributed by atoms with E-state index in [-0.39, 0.29) is 26.9 Å². The number of rotatable bonds is 2. The van der Waals surface area contributed by atoms with Gasteiger partial charge in [0.25, 0.3) is 6.43 Å². The molecule has 78 valence electrons. The number of carbonyl (C=O) groups is 1. The van der Waals surface area contributed by atoms with Gasteiger partial charge in [0.1, 0.15) is 0 Å². The number of alkyl halides is 2. The number of nitrogens with zero attached hydrogens (tertiary/aromatic N) is 1. The number of ketones is 1. The maximum atomic E-state index is 12.5. The zero-order valence-corrected chi connectivity index (χ0v) is 9.31. The van der Waals surface area contributed by atoms with Gasteiger partial charge in [-0.25, -0.2) is 8.78 Å². The van der Waals surface area contributed by atoms with E-state index in [1.807, 2.05) is 0 Å². The smallest absolute Gasteiger partial charge is 0.265 e. The Morgan fingerprint density at radius 3 is 2.53 bits per heavy atom. The summed E-state index contributed by atoms with van der Waals surface area (Å²) >= 11 is 2.94. The minimum Gasteiger partial charge on any atom is -0.294 e. The van der Waals surface area contributed by atoms with Crippen LogP contribution in [0.2, 0.25) is 0 Å². The Hall–Kier alpha value is -1.28. The van der Waals surface area contributed by atoms with E-state index in [1.165, 1.54) is 13.0 Å². The van der Waals surface area contributed by atoms with Crippen LogP contribution in [-0.2, 0) is 0 Å². The summed E-state index contributed by atoms with van der Waals surface area (Å²) in [6.45, 7) is 1.26. The number of hydrogen-bond acceptors (Lipinski definition) is 2. The highest BCUT2D eigenvalue weighted by atomic mass is 79.9. The van der Waals surface area contributed by atoms with Crippen LogP contribution in [0.5, 0.6) is 0 Å². The quantitative estimate of drug-likeness (QED) is 0.775. The van der Waals surface area contributed by atoms with E-state index in [2.05, 4.69) is 15.9 Å². The Bertz CT molecular complexity index is 451. The van der Waals surface area contributed by atoms with E-state index < -0.39 is 6.43 Å². The molecule has 0 saturated heterocycles. The van der Waals surface area contributed by atoms with Crippen LogP contribution in [0.15, 0.2) is 16.6 Å². The Balaban J connectivity index is 3.49. The molecule has 0 aliphatic rings. The van der Waals surface area contributed by atoms with Gasteiger partial charge in [-0.15, -0.1) is 0 Å². The lowest BCUT2D eigenvalue weighted by Gasteiger charge is -2.07. The Morgan fingerprint density at radius 1 is 1.53 bits per heavy atom. The maximum absolute atomic E-state index is 12.5. The first kappa shape index (κ1) is 11.8.